The second-order valence-electron chi connectivity index (χ2n) is 5.38. The number of anilines is 1. The zero-order chi connectivity index (χ0) is 15.4. The molecule has 22 heavy (non-hydrogen) atoms. The summed E-state index contributed by atoms with van der Waals surface area (Å²) < 4.78 is 5.18. The van der Waals surface area contributed by atoms with Gasteiger partial charge in [-0.15, -0.1) is 0 Å². The maximum Gasteiger partial charge on any atom is 0.321 e. The summed E-state index contributed by atoms with van der Waals surface area (Å²) in [6, 6.07) is 11.7. The molecule has 1 aliphatic rings. The summed E-state index contributed by atoms with van der Waals surface area (Å²) >= 11 is 0. The number of carbonyl (C=O) groups is 1. The van der Waals surface area contributed by atoms with Crippen molar-refractivity contribution in [1.82, 2.24) is 9.88 Å². The second kappa shape index (κ2) is 6.47. The number of pyridine rings is 1. The van der Waals surface area contributed by atoms with Crippen molar-refractivity contribution in [2.45, 2.75) is 12.3 Å². The van der Waals surface area contributed by atoms with Gasteiger partial charge in [0.2, 0.25) is 0 Å². The Morgan fingerprint density at radius 3 is 2.82 bits per heavy atom. The van der Waals surface area contributed by atoms with Gasteiger partial charge < -0.3 is 15.0 Å². The lowest BCUT2D eigenvalue weighted by Gasteiger charge is -2.17. The van der Waals surface area contributed by atoms with E-state index in [4.69, 9.17) is 4.74 Å². The summed E-state index contributed by atoms with van der Waals surface area (Å²) in [5.41, 5.74) is 1.97. The first-order valence-electron chi connectivity index (χ1n) is 7.36. The number of likely N-dealkylation sites (tertiary alicyclic amines) is 1. The van der Waals surface area contributed by atoms with Crippen LogP contribution in [0.15, 0.2) is 48.8 Å². The molecule has 1 atom stereocenters. The van der Waals surface area contributed by atoms with Crippen LogP contribution < -0.4 is 10.1 Å². The molecule has 1 aromatic heterocycles. The predicted molar refractivity (Wildman–Crippen MR) is 85.2 cm³/mol. The zero-order valence-electron chi connectivity index (χ0n) is 12.5. The van der Waals surface area contributed by atoms with Crippen molar-refractivity contribution in [1.29, 1.82) is 0 Å². The topological polar surface area (TPSA) is 54.5 Å². The fourth-order valence-corrected chi connectivity index (χ4v) is 2.73. The molecule has 2 aromatic rings. The van der Waals surface area contributed by atoms with Gasteiger partial charge in [0.1, 0.15) is 5.75 Å². The van der Waals surface area contributed by atoms with Gasteiger partial charge in [0.05, 0.1) is 19.0 Å². The molecule has 2 amide bonds. The standard InChI is InChI=1S/C17H19N3O2/c1-22-16-6-4-13(5-7-16)14-8-10-20(12-14)17(21)19-15-3-2-9-18-11-15/h2-7,9,11,14H,8,10,12H2,1H3,(H,19,21)/t14-/m0/s1. The van der Waals surface area contributed by atoms with Gasteiger partial charge in [-0.25, -0.2) is 4.79 Å². The largest absolute Gasteiger partial charge is 0.497 e. The summed E-state index contributed by atoms with van der Waals surface area (Å²) in [6.07, 6.45) is 4.31. The number of nitrogens with zero attached hydrogens (tertiary/aromatic N) is 2. The molecule has 0 bridgehead atoms. The molecule has 0 unspecified atom stereocenters. The minimum atomic E-state index is -0.0657. The van der Waals surface area contributed by atoms with Crippen LogP contribution in [0.5, 0.6) is 5.75 Å². The number of carbonyl (C=O) groups excluding carboxylic acids is 1. The molecular weight excluding hydrogens is 278 g/mol. The lowest BCUT2D eigenvalue weighted by Crippen LogP contribution is -2.32. The van der Waals surface area contributed by atoms with Crippen LogP contribution in [0, 0.1) is 0 Å². The third kappa shape index (κ3) is 3.19. The number of urea groups is 1. The first-order valence-corrected chi connectivity index (χ1v) is 7.36. The Morgan fingerprint density at radius 2 is 2.14 bits per heavy atom. The van der Waals surface area contributed by atoms with E-state index in [1.54, 1.807) is 25.6 Å². The molecule has 1 aliphatic heterocycles. The molecule has 1 N–H and O–H groups in total. The number of aromatic nitrogens is 1. The molecule has 0 radical (unpaired) electrons. The maximum absolute atomic E-state index is 12.3. The summed E-state index contributed by atoms with van der Waals surface area (Å²) in [5, 5.41) is 2.88. The van der Waals surface area contributed by atoms with Gasteiger partial charge in [-0.1, -0.05) is 12.1 Å². The molecular formula is C17H19N3O2. The monoisotopic (exact) mass is 297 g/mol. The number of hydrogen-bond acceptors (Lipinski definition) is 3. The SMILES string of the molecule is COc1ccc([C@H]2CCN(C(=O)Nc3cccnc3)C2)cc1. The molecule has 1 saturated heterocycles. The van der Waals surface area contributed by atoms with Crippen LogP contribution in [0.25, 0.3) is 0 Å². The second-order valence-corrected chi connectivity index (χ2v) is 5.38. The third-order valence-corrected chi connectivity index (χ3v) is 3.98. The van der Waals surface area contributed by atoms with Crippen molar-refractivity contribution in [3.05, 3.63) is 54.4 Å². The van der Waals surface area contributed by atoms with Crippen LogP contribution in [0.4, 0.5) is 10.5 Å². The normalized spacial score (nSPS) is 17.3. The van der Waals surface area contributed by atoms with E-state index in [0.29, 0.717) is 5.92 Å². The summed E-state index contributed by atoms with van der Waals surface area (Å²) in [7, 11) is 1.66. The highest BCUT2D eigenvalue weighted by Crippen LogP contribution is 2.28. The Bertz CT molecular complexity index is 628. The molecule has 0 spiro atoms. The van der Waals surface area contributed by atoms with Gasteiger partial charge in [-0.3, -0.25) is 4.98 Å². The van der Waals surface area contributed by atoms with Crippen molar-refractivity contribution in [3.63, 3.8) is 0 Å². The molecule has 114 valence electrons. The highest BCUT2D eigenvalue weighted by Gasteiger charge is 2.27. The predicted octanol–water partition coefficient (Wildman–Crippen LogP) is 3.11. The van der Waals surface area contributed by atoms with Crippen LogP contribution in [0.2, 0.25) is 0 Å². The van der Waals surface area contributed by atoms with Crippen LogP contribution >= 0.6 is 0 Å². The molecule has 5 nitrogen and oxygen atoms in total. The van der Waals surface area contributed by atoms with E-state index < -0.39 is 0 Å². The molecule has 0 aliphatic carbocycles. The molecule has 2 heterocycles. The smallest absolute Gasteiger partial charge is 0.321 e. The number of methoxy groups -OCH3 is 1. The Labute approximate surface area is 129 Å². The average Bonchev–Trinajstić information content (AvgIpc) is 3.06. The van der Waals surface area contributed by atoms with Gasteiger partial charge in [0.25, 0.3) is 0 Å². The van der Waals surface area contributed by atoms with Gasteiger partial charge in [-0.05, 0) is 36.2 Å². The van der Waals surface area contributed by atoms with Crippen molar-refractivity contribution in [2.24, 2.45) is 0 Å². The van der Waals surface area contributed by atoms with Crippen LogP contribution in [-0.4, -0.2) is 36.1 Å². The fourth-order valence-electron chi connectivity index (χ4n) is 2.73. The molecule has 3 rings (SSSR count). The van der Waals surface area contributed by atoms with Crippen LogP contribution in [0.1, 0.15) is 17.9 Å². The van der Waals surface area contributed by atoms with E-state index in [2.05, 4.69) is 22.4 Å². The lowest BCUT2D eigenvalue weighted by atomic mass is 9.98. The van der Waals surface area contributed by atoms with Crippen LogP contribution in [0.3, 0.4) is 0 Å². The molecule has 5 heteroatoms. The molecule has 0 saturated carbocycles. The highest BCUT2D eigenvalue weighted by atomic mass is 16.5. The van der Waals surface area contributed by atoms with Crippen molar-refractivity contribution in [2.75, 3.05) is 25.5 Å². The zero-order valence-corrected chi connectivity index (χ0v) is 12.5. The molecule has 1 fully saturated rings. The minimum Gasteiger partial charge on any atom is -0.497 e. The number of amides is 2. The lowest BCUT2D eigenvalue weighted by molar-refractivity contribution is 0.222. The summed E-state index contributed by atoms with van der Waals surface area (Å²) in [4.78, 5) is 18.1. The number of rotatable bonds is 3. The van der Waals surface area contributed by atoms with Crippen molar-refractivity contribution in [3.8, 4) is 5.75 Å². The Kier molecular flexibility index (Phi) is 4.23. The van der Waals surface area contributed by atoms with E-state index in [1.165, 1.54) is 5.56 Å². The first-order chi connectivity index (χ1) is 10.8. The van der Waals surface area contributed by atoms with E-state index in [-0.39, 0.29) is 6.03 Å². The quantitative estimate of drug-likeness (QED) is 0.947. The number of nitrogens with one attached hydrogen (secondary N) is 1. The maximum atomic E-state index is 12.3. The van der Waals surface area contributed by atoms with Gasteiger partial charge in [0.15, 0.2) is 0 Å². The third-order valence-electron chi connectivity index (χ3n) is 3.98. The van der Waals surface area contributed by atoms with E-state index in [9.17, 15) is 4.79 Å². The Morgan fingerprint density at radius 1 is 1.32 bits per heavy atom. The van der Waals surface area contributed by atoms with Crippen molar-refractivity contribution < 1.29 is 9.53 Å². The van der Waals surface area contributed by atoms with Crippen molar-refractivity contribution >= 4 is 11.7 Å². The summed E-state index contributed by atoms with van der Waals surface area (Å²) in [5.74, 6) is 1.23. The number of hydrogen-bond donors (Lipinski definition) is 1. The van der Waals surface area contributed by atoms with Crippen LogP contribution in [-0.2, 0) is 0 Å². The van der Waals surface area contributed by atoms with E-state index in [1.807, 2.05) is 23.1 Å². The minimum absolute atomic E-state index is 0.0657. The fraction of sp³-hybridized carbons (Fsp3) is 0.294. The average molecular weight is 297 g/mol. The van der Waals surface area contributed by atoms with Gasteiger partial charge in [-0.2, -0.15) is 0 Å². The van der Waals surface area contributed by atoms with Gasteiger partial charge >= 0.3 is 6.03 Å². The molecule has 1 aromatic carbocycles. The van der Waals surface area contributed by atoms with Gasteiger partial charge in [0, 0.05) is 25.2 Å². The highest BCUT2D eigenvalue weighted by molar-refractivity contribution is 5.89. The van der Waals surface area contributed by atoms with E-state index >= 15 is 0 Å². The number of benzene rings is 1. The Balaban J connectivity index is 1.60. The number of ether oxygens (including phenoxy) is 1. The van der Waals surface area contributed by atoms with E-state index in [0.717, 1.165) is 30.9 Å². The Hall–Kier alpha value is -2.56. The first kappa shape index (κ1) is 14.4. The summed E-state index contributed by atoms with van der Waals surface area (Å²) in [6.45, 7) is 1.50.